The van der Waals surface area contributed by atoms with Crippen LogP contribution >= 0.6 is 0 Å². The van der Waals surface area contributed by atoms with Crippen LogP contribution < -0.4 is 21.3 Å². The number of nitrogens with zero attached hydrogens (tertiary/aromatic N) is 2. The number of nitrogens with one attached hydrogen (secondary N) is 2. The van der Waals surface area contributed by atoms with E-state index in [4.69, 9.17) is 10.5 Å². The standard InChI is InChI=1S/C16H21N5O2/c1-10(2)23-14-6-4-13(5-7-14)21-16(17)19-9-12-8-18-11(3)20-15(12)22/h4-8,10H,9H2,1-3H3,(H3,17,19,21)(H,18,20,22). The van der Waals surface area contributed by atoms with Crippen molar-refractivity contribution in [1.82, 2.24) is 9.97 Å². The van der Waals surface area contributed by atoms with Gasteiger partial charge in [-0.05, 0) is 45.0 Å². The molecule has 0 bridgehead atoms. The lowest BCUT2D eigenvalue weighted by Crippen LogP contribution is -2.23. The number of rotatable bonds is 5. The summed E-state index contributed by atoms with van der Waals surface area (Å²) in [6.45, 7) is 5.82. The number of benzene rings is 1. The van der Waals surface area contributed by atoms with Gasteiger partial charge in [-0.25, -0.2) is 9.98 Å². The molecule has 0 aliphatic rings. The maximum Gasteiger partial charge on any atom is 0.255 e. The number of hydrogen-bond donors (Lipinski definition) is 3. The van der Waals surface area contributed by atoms with E-state index in [0.717, 1.165) is 11.4 Å². The fraction of sp³-hybridized carbons (Fsp3) is 0.312. The fourth-order valence-electron chi connectivity index (χ4n) is 1.87. The van der Waals surface area contributed by atoms with Gasteiger partial charge in [-0.2, -0.15) is 0 Å². The molecule has 23 heavy (non-hydrogen) atoms. The summed E-state index contributed by atoms with van der Waals surface area (Å²) in [4.78, 5) is 22.5. The first kappa shape index (κ1) is 16.5. The van der Waals surface area contributed by atoms with E-state index in [1.54, 1.807) is 6.92 Å². The zero-order chi connectivity index (χ0) is 16.8. The maximum absolute atomic E-state index is 11.7. The third kappa shape index (κ3) is 5.14. The maximum atomic E-state index is 11.7. The molecule has 2 aromatic rings. The van der Waals surface area contributed by atoms with Crippen molar-refractivity contribution in [2.75, 3.05) is 5.32 Å². The zero-order valence-electron chi connectivity index (χ0n) is 13.5. The number of guanidine groups is 1. The van der Waals surface area contributed by atoms with Gasteiger partial charge in [0, 0.05) is 11.9 Å². The molecule has 0 fully saturated rings. The molecule has 0 amide bonds. The van der Waals surface area contributed by atoms with Gasteiger partial charge in [-0.1, -0.05) is 0 Å². The van der Waals surface area contributed by atoms with Gasteiger partial charge in [0.15, 0.2) is 5.96 Å². The Bertz CT molecular complexity index is 735. The Hall–Kier alpha value is -2.83. The van der Waals surface area contributed by atoms with Gasteiger partial charge in [-0.3, -0.25) is 4.79 Å². The SMILES string of the molecule is Cc1ncc(CN=C(N)Nc2ccc(OC(C)C)cc2)c(=O)[nH]1. The smallest absolute Gasteiger partial charge is 0.255 e. The third-order valence-electron chi connectivity index (χ3n) is 2.92. The van der Waals surface area contributed by atoms with Crippen LogP contribution in [0, 0.1) is 6.92 Å². The number of nitrogens with two attached hydrogens (primary N) is 1. The van der Waals surface area contributed by atoms with Crippen molar-refractivity contribution in [3.63, 3.8) is 0 Å². The molecule has 0 radical (unpaired) electrons. The van der Waals surface area contributed by atoms with Crippen molar-refractivity contribution in [1.29, 1.82) is 0 Å². The Labute approximate surface area is 134 Å². The monoisotopic (exact) mass is 315 g/mol. The first-order chi connectivity index (χ1) is 10.9. The Kier molecular flexibility index (Phi) is 5.35. The summed E-state index contributed by atoms with van der Waals surface area (Å²) in [6.07, 6.45) is 1.63. The molecule has 0 aliphatic heterocycles. The van der Waals surface area contributed by atoms with Crippen molar-refractivity contribution >= 4 is 11.6 Å². The number of aliphatic imine (C=N–C) groups is 1. The van der Waals surface area contributed by atoms with E-state index in [1.165, 1.54) is 6.20 Å². The molecule has 4 N–H and O–H groups in total. The summed E-state index contributed by atoms with van der Waals surface area (Å²) < 4.78 is 5.57. The van der Waals surface area contributed by atoms with Crippen molar-refractivity contribution in [2.24, 2.45) is 10.7 Å². The predicted molar refractivity (Wildman–Crippen MR) is 90.7 cm³/mol. The molecule has 0 saturated heterocycles. The normalized spacial score (nSPS) is 11.6. The highest BCUT2D eigenvalue weighted by Crippen LogP contribution is 2.16. The van der Waals surface area contributed by atoms with E-state index in [-0.39, 0.29) is 24.2 Å². The highest BCUT2D eigenvalue weighted by molar-refractivity contribution is 5.92. The van der Waals surface area contributed by atoms with Crippen molar-refractivity contribution in [3.05, 3.63) is 52.2 Å². The van der Waals surface area contributed by atoms with Crippen LogP contribution in [0.5, 0.6) is 5.75 Å². The van der Waals surface area contributed by atoms with Crippen molar-refractivity contribution < 1.29 is 4.74 Å². The van der Waals surface area contributed by atoms with Crippen LogP contribution in [0.25, 0.3) is 0 Å². The molecule has 122 valence electrons. The van der Waals surface area contributed by atoms with Gasteiger partial charge in [-0.15, -0.1) is 0 Å². The molecule has 7 heteroatoms. The van der Waals surface area contributed by atoms with Gasteiger partial charge in [0.05, 0.1) is 18.2 Å². The minimum atomic E-state index is -0.204. The first-order valence-corrected chi connectivity index (χ1v) is 7.32. The quantitative estimate of drug-likeness (QED) is 0.576. The van der Waals surface area contributed by atoms with E-state index in [1.807, 2.05) is 38.1 Å². The topological polar surface area (TPSA) is 105 Å². The van der Waals surface area contributed by atoms with Crippen LogP contribution in [0.4, 0.5) is 5.69 Å². The molecule has 0 saturated carbocycles. The molecule has 0 unspecified atom stereocenters. The summed E-state index contributed by atoms with van der Waals surface area (Å²) >= 11 is 0. The largest absolute Gasteiger partial charge is 0.491 e. The number of aromatic amines is 1. The number of aryl methyl sites for hydroxylation is 1. The van der Waals surface area contributed by atoms with Crippen molar-refractivity contribution in [2.45, 2.75) is 33.4 Å². The summed E-state index contributed by atoms with van der Waals surface area (Å²) in [5, 5.41) is 2.96. The third-order valence-corrected chi connectivity index (χ3v) is 2.92. The second-order valence-corrected chi connectivity index (χ2v) is 5.34. The second kappa shape index (κ2) is 7.44. The molecule has 0 aliphatic carbocycles. The molecular weight excluding hydrogens is 294 g/mol. The molecule has 2 rings (SSSR count). The van der Waals surface area contributed by atoms with Gasteiger partial charge in [0.25, 0.3) is 5.56 Å². The van der Waals surface area contributed by atoms with Crippen LogP contribution in [0.2, 0.25) is 0 Å². The van der Waals surface area contributed by atoms with Crippen LogP contribution in [0.15, 0.2) is 40.2 Å². The summed E-state index contributed by atoms with van der Waals surface area (Å²) in [5.74, 6) is 1.58. The highest BCUT2D eigenvalue weighted by atomic mass is 16.5. The summed E-state index contributed by atoms with van der Waals surface area (Å²) in [5.41, 5.74) is 6.87. The number of aromatic nitrogens is 2. The number of hydrogen-bond acceptors (Lipinski definition) is 4. The lowest BCUT2D eigenvalue weighted by atomic mass is 10.3. The van der Waals surface area contributed by atoms with E-state index in [9.17, 15) is 4.79 Å². The molecule has 1 heterocycles. The lowest BCUT2D eigenvalue weighted by Gasteiger charge is -2.10. The van der Waals surface area contributed by atoms with Crippen LogP contribution in [-0.2, 0) is 6.54 Å². The Morgan fingerprint density at radius 1 is 1.39 bits per heavy atom. The summed E-state index contributed by atoms with van der Waals surface area (Å²) in [7, 11) is 0. The highest BCUT2D eigenvalue weighted by Gasteiger charge is 2.02. The molecule has 7 nitrogen and oxygen atoms in total. The molecular formula is C16H21N5O2. The number of ether oxygens (including phenoxy) is 1. The lowest BCUT2D eigenvalue weighted by molar-refractivity contribution is 0.242. The number of anilines is 1. The molecule has 1 aromatic carbocycles. The van der Waals surface area contributed by atoms with Gasteiger partial charge >= 0.3 is 0 Å². The average Bonchev–Trinajstić information content (AvgIpc) is 2.48. The van der Waals surface area contributed by atoms with Crippen molar-refractivity contribution in [3.8, 4) is 5.75 Å². The summed E-state index contributed by atoms with van der Waals surface area (Å²) in [6, 6.07) is 7.40. The first-order valence-electron chi connectivity index (χ1n) is 7.32. The zero-order valence-corrected chi connectivity index (χ0v) is 13.5. The molecule has 0 spiro atoms. The van der Waals surface area contributed by atoms with E-state index in [0.29, 0.717) is 11.4 Å². The molecule has 1 aromatic heterocycles. The van der Waals surface area contributed by atoms with Gasteiger partial charge in [0.2, 0.25) is 0 Å². The van der Waals surface area contributed by atoms with E-state index in [2.05, 4.69) is 20.3 Å². The van der Waals surface area contributed by atoms with Crippen LogP contribution in [0.1, 0.15) is 25.2 Å². The van der Waals surface area contributed by atoms with Gasteiger partial charge in [0.1, 0.15) is 11.6 Å². The minimum Gasteiger partial charge on any atom is -0.491 e. The van der Waals surface area contributed by atoms with Crippen LogP contribution in [0.3, 0.4) is 0 Å². The van der Waals surface area contributed by atoms with E-state index >= 15 is 0 Å². The minimum absolute atomic E-state index is 0.127. The Balaban J connectivity index is 1.98. The van der Waals surface area contributed by atoms with Crippen LogP contribution in [-0.4, -0.2) is 22.0 Å². The predicted octanol–water partition coefficient (Wildman–Crippen LogP) is 1.79. The molecule has 0 atom stereocenters. The second-order valence-electron chi connectivity index (χ2n) is 5.34. The Morgan fingerprint density at radius 3 is 2.70 bits per heavy atom. The fourth-order valence-corrected chi connectivity index (χ4v) is 1.87. The van der Waals surface area contributed by atoms with E-state index < -0.39 is 0 Å². The van der Waals surface area contributed by atoms with Gasteiger partial charge < -0.3 is 20.8 Å². The Morgan fingerprint density at radius 2 is 2.09 bits per heavy atom. The average molecular weight is 315 g/mol. The number of H-pyrrole nitrogens is 1.